The lowest BCUT2D eigenvalue weighted by atomic mass is 9.86. The summed E-state index contributed by atoms with van der Waals surface area (Å²) in [7, 11) is 3.97. The number of hydrogen-bond donors (Lipinski definition) is 0. The maximum absolute atomic E-state index is 13.0. The molecule has 2 saturated heterocycles. The number of hydrogen-bond acceptors (Lipinski definition) is 3. The van der Waals surface area contributed by atoms with Crippen molar-refractivity contribution in [2.45, 2.75) is 19.8 Å². The van der Waals surface area contributed by atoms with E-state index < -0.39 is 0 Å². The van der Waals surface area contributed by atoms with Gasteiger partial charge in [0.15, 0.2) is 0 Å². The predicted octanol–water partition coefficient (Wildman–Crippen LogP) is 3.33. The minimum Gasteiger partial charge on any atom is -0.378 e. The van der Waals surface area contributed by atoms with Gasteiger partial charge >= 0.3 is 0 Å². The lowest BCUT2D eigenvalue weighted by Crippen LogP contribution is -2.34. The molecule has 28 heavy (non-hydrogen) atoms. The lowest BCUT2D eigenvalue weighted by molar-refractivity contribution is -0.117. The minimum atomic E-state index is -0.124. The van der Waals surface area contributed by atoms with Gasteiger partial charge in [-0.25, -0.2) is 0 Å². The molecule has 0 radical (unpaired) electrons. The van der Waals surface area contributed by atoms with Crippen LogP contribution in [0.5, 0.6) is 0 Å². The third-order valence-electron chi connectivity index (χ3n) is 6.02. The fraction of sp³-hybridized carbons (Fsp3) is 0.391. The van der Waals surface area contributed by atoms with Gasteiger partial charge in [0, 0.05) is 62.5 Å². The highest BCUT2D eigenvalue weighted by atomic mass is 16.2. The first kappa shape index (κ1) is 18.5. The molecule has 2 aliphatic rings. The molecule has 1 atom stereocenters. The molecule has 2 fully saturated rings. The monoisotopic (exact) mass is 377 g/mol. The molecule has 0 N–H and O–H groups in total. The molecule has 0 aliphatic carbocycles. The molecule has 146 valence electrons. The van der Waals surface area contributed by atoms with Crippen molar-refractivity contribution in [2.75, 3.05) is 43.5 Å². The van der Waals surface area contributed by atoms with Crippen LogP contribution in [0.4, 0.5) is 11.4 Å². The van der Waals surface area contributed by atoms with Gasteiger partial charge in [0.1, 0.15) is 0 Å². The summed E-state index contributed by atoms with van der Waals surface area (Å²) >= 11 is 0. The first-order valence-corrected chi connectivity index (χ1v) is 9.81. The van der Waals surface area contributed by atoms with E-state index in [1.165, 1.54) is 5.56 Å². The molecule has 5 nitrogen and oxygen atoms in total. The normalized spacial score (nSPS) is 21.6. The number of aryl methyl sites for hydroxylation is 1. The van der Waals surface area contributed by atoms with Crippen LogP contribution in [0.1, 0.15) is 28.8 Å². The predicted molar refractivity (Wildman–Crippen MR) is 112 cm³/mol. The van der Waals surface area contributed by atoms with Crippen molar-refractivity contribution < 1.29 is 9.59 Å². The van der Waals surface area contributed by atoms with Gasteiger partial charge in [-0.3, -0.25) is 9.59 Å². The molecular formula is C23H27N3O2. The maximum Gasteiger partial charge on any atom is 0.253 e. The molecular weight excluding hydrogens is 350 g/mol. The van der Waals surface area contributed by atoms with Crippen molar-refractivity contribution in [3.63, 3.8) is 0 Å². The van der Waals surface area contributed by atoms with E-state index in [2.05, 4.69) is 0 Å². The maximum atomic E-state index is 13.0. The van der Waals surface area contributed by atoms with Gasteiger partial charge in [0.2, 0.25) is 5.91 Å². The van der Waals surface area contributed by atoms with Crippen molar-refractivity contribution in [1.29, 1.82) is 0 Å². The quantitative estimate of drug-likeness (QED) is 0.824. The van der Waals surface area contributed by atoms with Crippen LogP contribution in [0.25, 0.3) is 0 Å². The lowest BCUT2D eigenvalue weighted by Gasteiger charge is -2.24. The Labute approximate surface area is 166 Å². The molecule has 2 aliphatic heterocycles. The Balaban J connectivity index is 1.46. The van der Waals surface area contributed by atoms with E-state index in [9.17, 15) is 9.59 Å². The Kier molecular flexibility index (Phi) is 4.61. The molecule has 2 aromatic rings. The Hall–Kier alpha value is -2.82. The average Bonchev–Trinajstić information content (AvgIpc) is 3.25. The summed E-state index contributed by atoms with van der Waals surface area (Å²) in [6.07, 6.45) is 1.40. The van der Waals surface area contributed by atoms with Crippen molar-refractivity contribution in [3.8, 4) is 0 Å². The molecule has 4 rings (SSSR count). The molecule has 2 heterocycles. The van der Waals surface area contributed by atoms with E-state index in [4.69, 9.17) is 0 Å². The van der Waals surface area contributed by atoms with Gasteiger partial charge in [-0.2, -0.15) is 0 Å². The summed E-state index contributed by atoms with van der Waals surface area (Å²) in [5.74, 6) is 0.219. The first-order chi connectivity index (χ1) is 13.4. The van der Waals surface area contributed by atoms with E-state index in [0.717, 1.165) is 17.8 Å². The van der Waals surface area contributed by atoms with Crippen molar-refractivity contribution >= 4 is 23.2 Å². The number of anilines is 2. The highest BCUT2D eigenvalue weighted by molar-refractivity contribution is 5.97. The SMILES string of the molecule is Cc1ccc(N2C[C@@]3(CCN(C(=O)c4ccc(N(C)C)cc4)C3)CC2=O)cc1. The van der Waals surface area contributed by atoms with E-state index in [-0.39, 0.29) is 17.2 Å². The summed E-state index contributed by atoms with van der Waals surface area (Å²) in [6.45, 7) is 4.10. The van der Waals surface area contributed by atoms with Gasteiger partial charge in [0.25, 0.3) is 5.91 Å². The van der Waals surface area contributed by atoms with E-state index in [0.29, 0.717) is 31.6 Å². The fourth-order valence-corrected chi connectivity index (χ4v) is 4.32. The smallest absolute Gasteiger partial charge is 0.253 e. The average molecular weight is 377 g/mol. The summed E-state index contributed by atoms with van der Waals surface area (Å²) < 4.78 is 0. The molecule has 2 aromatic carbocycles. The van der Waals surface area contributed by atoms with Crippen LogP contribution < -0.4 is 9.80 Å². The number of carbonyl (C=O) groups is 2. The van der Waals surface area contributed by atoms with Crippen molar-refractivity contribution in [1.82, 2.24) is 4.90 Å². The number of rotatable bonds is 3. The number of likely N-dealkylation sites (tertiary alicyclic amines) is 1. The highest BCUT2D eigenvalue weighted by Crippen LogP contribution is 2.42. The number of benzene rings is 2. The Morgan fingerprint density at radius 1 is 1.00 bits per heavy atom. The minimum absolute atomic E-state index is 0.0587. The van der Waals surface area contributed by atoms with E-state index >= 15 is 0 Å². The summed E-state index contributed by atoms with van der Waals surface area (Å²) in [4.78, 5) is 31.5. The number of carbonyl (C=O) groups excluding carboxylic acids is 2. The number of amides is 2. The van der Waals surface area contributed by atoms with Gasteiger partial charge in [0.05, 0.1) is 0 Å². The summed E-state index contributed by atoms with van der Waals surface area (Å²) in [5.41, 5.74) is 3.80. The Morgan fingerprint density at radius 3 is 2.32 bits per heavy atom. The molecule has 0 bridgehead atoms. The second-order valence-electron chi connectivity index (χ2n) is 8.41. The van der Waals surface area contributed by atoms with Crippen LogP contribution in [0.3, 0.4) is 0 Å². The molecule has 0 unspecified atom stereocenters. The molecule has 5 heteroatoms. The topological polar surface area (TPSA) is 43.9 Å². The Bertz CT molecular complexity index is 889. The van der Waals surface area contributed by atoms with Gasteiger partial charge in [-0.05, 0) is 49.7 Å². The summed E-state index contributed by atoms with van der Waals surface area (Å²) in [6, 6.07) is 15.8. The van der Waals surface area contributed by atoms with Crippen LogP contribution in [-0.2, 0) is 4.79 Å². The van der Waals surface area contributed by atoms with Crippen LogP contribution in [0, 0.1) is 12.3 Å². The molecule has 1 spiro atoms. The van der Waals surface area contributed by atoms with Crippen LogP contribution in [0.2, 0.25) is 0 Å². The van der Waals surface area contributed by atoms with Crippen LogP contribution >= 0.6 is 0 Å². The van der Waals surface area contributed by atoms with Gasteiger partial charge < -0.3 is 14.7 Å². The largest absolute Gasteiger partial charge is 0.378 e. The van der Waals surface area contributed by atoms with Crippen LogP contribution in [0.15, 0.2) is 48.5 Å². The summed E-state index contributed by atoms with van der Waals surface area (Å²) in [5, 5.41) is 0. The van der Waals surface area contributed by atoms with Crippen molar-refractivity contribution in [3.05, 3.63) is 59.7 Å². The third-order valence-corrected chi connectivity index (χ3v) is 6.02. The van der Waals surface area contributed by atoms with Gasteiger partial charge in [-0.15, -0.1) is 0 Å². The molecule has 0 aromatic heterocycles. The van der Waals surface area contributed by atoms with E-state index in [1.54, 1.807) is 0 Å². The number of nitrogens with zero attached hydrogens (tertiary/aromatic N) is 3. The highest BCUT2D eigenvalue weighted by Gasteiger charge is 2.48. The Morgan fingerprint density at radius 2 is 1.68 bits per heavy atom. The van der Waals surface area contributed by atoms with E-state index in [1.807, 2.05) is 84.2 Å². The third kappa shape index (κ3) is 3.37. The first-order valence-electron chi connectivity index (χ1n) is 9.81. The molecule has 2 amide bonds. The zero-order chi connectivity index (χ0) is 19.9. The van der Waals surface area contributed by atoms with Crippen LogP contribution in [-0.4, -0.2) is 50.4 Å². The van der Waals surface area contributed by atoms with Crippen molar-refractivity contribution in [2.24, 2.45) is 5.41 Å². The standard InChI is InChI=1S/C23H27N3O2/c1-17-4-8-20(9-5-17)26-16-23(14-21(26)27)12-13-25(15-23)22(28)18-6-10-19(11-7-18)24(2)3/h4-11H,12-16H2,1-3H3/t23-/m0/s1. The second kappa shape index (κ2) is 6.97. The molecule has 0 saturated carbocycles. The zero-order valence-corrected chi connectivity index (χ0v) is 16.8. The second-order valence-corrected chi connectivity index (χ2v) is 8.41. The van der Waals surface area contributed by atoms with Gasteiger partial charge in [-0.1, -0.05) is 17.7 Å². The fourth-order valence-electron chi connectivity index (χ4n) is 4.32. The zero-order valence-electron chi connectivity index (χ0n) is 16.8.